The molecule has 0 bridgehead atoms. The van der Waals surface area contributed by atoms with Crippen molar-refractivity contribution in [3.63, 3.8) is 0 Å². The van der Waals surface area contributed by atoms with Crippen molar-refractivity contribution in [2.75, 3.05) is 6.61 Å². The van der Waals surface area contributed by atoms with Gasteiger partial charge >= 0.3 is 5.97 Å². The van der Waals surface area contributed by atoms with E-state index < -0.39 is 35.6 Å². The van der Waals surface area contributed by atoms with Gasteiger partial charge in [-0.2, -0.15) is 0 Å². The molecular weight excluding hydrogens is 360 g/mol. The van der Waals surface area contributed by atoms with Gasteiger partial charge in [-0.1, -0.05) is 0 Å². The third-order valence-electron chi connectivity index (χ3n) is 3.97. The molecule has 2 aromatic heterocycles. The molecule has 0 radical (unpaired) electrons. The molecule has 0 aliphatic heterocycles. The third kappa shape index (κ3) is 3.43. The second-order valence-electron chi connectivity index (χ2n) is 5.68. The lowest BCUT2D eigenvalue weighted by Gasteiger charge is -2.08. The highest BCUT2D eigenvalue weighted by atomic mass is 32.1. The Bertz CT molecular complexity index is 977. The minimum Gasteiger partial charge on any atom is -0.454 e. The monoisotopic (exact) mass is 375 g/mol. The van der Waals surface area contributed by atoms with E-state index in [2.05, 4.69) is 0 Å². The number of carbonyl (C=O) groups is 2. The Morgan fingerprint density at radius 2 is 1.85 bits per heavy atom. The van der Waals surface area contributed by atoms with Crippen LogP contribution in [0.25, 0.3) is 5.00 Å². The fraction of sp³-hybridized carbons (Fsp3) is 0.158. The second-order valence-corrected chi connectivity index (χ2v) is 6.88. The summed E-state index contributed by atoms with van der Waals surface area (Å²) in [5, 5.41) is 0.680. The van der Waals surface area contributed by atoms with Gasteiger partial charge in [-0.05, 0) is 49.7 Å². The molecule has 0 fully saturated rings. The average molecular weight is 375 g/mol. The maximum atomic E-state index is 13.7. The van der Waals surface area contributed by atoms with Gasteiger partial charge in [-0.25, -0.2) is 13.6 Å². The fourth-order valence-corrected chi connectivity index (χ4v) is 3.60. The summed E-state index contributed by atoms with van der Waals surface area (Å²) in [7, 11) is 0. The smallest absolute Gasteiger partial charge is 0.341 e. The Balaban J connectivity index is 1.81. The van der Waals surface area contributed by atoms with Crippen molar-refractivity contribution in [2.24, 2.45) is 0 Å². The average Bonchev–Trinajstić information content (AvgIpc) is 3.23. The Morgan fingerprint density at radius 3 is 2.54 bits per heavy atom. The number of halogens is 2. The van der Waals surface area contributed by atoms with Gasteiger partial charge in [0.15, 0.2) is 6.61 Å². The minimum absolute atomic E-state index is 0.358. The van der Waals surface area contributed by atoms with Gasteiger partial charge in [0.1, 0.15) is 16.6 Å². The predicted molar refractivity (Wildman–Crippen MR) is 94.1 cm³/mol. The molecule has 1 aromatic carbocycles. The molecule has 0 unspecified atom stereocenters. The Hall–Kier alpha value is -2.80. The van der Waals surface area contributed by atoms with Gasteiger partial charge in [0.05, 0.1) is 11.1 Å². The van der Waals surface area contributed by atoms with Crippen LogP contribution >= 0.6 is 11.3 Å². The lowest BCUT2D eigenvalue weighted by Crippen LogP contribution is -2.17. The molecule has 7 heteroatoms. The van der Waals surface area contributed by atoms with Crippen molar-refractivity contribution in [3.8, 4) is 5.00 Å². The van der Waals surface area contributed by atoms with Crippen LogP contribution in [-0.4, -0.2) is 22.9 Å². The number of aromatic nitrogens is 1. The maximum Gasteiger partial charge on any atom is 0.341 e. The molecule has 0 spiro atoms. The number of aryl methyl sites for hydroxylation is 1. The van der Waals surface area contributed by atoms with Crippen molar-refractivity contribution in [1.82, 2.24) is 4.57 Å². The van der Waals surface area contributed by atoms with Crippen LogP contribution in [0.2, 0.25) is 0 Å². The molecule has 0 saturated carbocycles. The highest BCUT2D eigenvalue weighted by Crippen LogP contribution is 2.31. The van der Waals surface area contributed by atoms with E-state index in [1.54, 1.807) is 23.9 Å². The van der Waals surface area contributed by atoms with E-state index in [-0.39, 0.29) is 0 Å². The zero-order chi connectivity index (χ0) is 18.8. The van der Waals surface area contributed by atoms with Gasteiger partial charge < -0.3 is 9.30 Å². The predicted octanol–water partition coefficient (Wildman–Crippen LogP) is 4.47. The number of esters is 1. The first kappa shape index (κ1) is 18.0. The zero-order valence-electron chi connectivity index (χ0n) is 14.1. The maximum absolute atomic E-state index is 13.7. The van der Waals surface area contributed by atoms with E-state index >= 15 is 0 Å². The number of rotatable bonds is 5. The van der Waals surface area contributed by atoms with Crippen LogP contribution in [0, 0.1) is 25.5 Å². The lowest BCUT2D eigenvalue weighted by molar-refractivity contribution is 0.0473. The number of benzene rings is 1. The Labute approximate surface area is 152 Å². The van der Waals surface area contributed by atoms with Gasteiger partial charge in [-0.3, -0.25) is 4.79 Å². The number of carbonyl (C=O) groups excluding carboxylic acids is 2. The molecule has 0 aliphatic carbocycles. The molecule has 4 nitrogen and oxygen atoms in total. The lowest BCUT2D eigenvalue weighted by atomic mass is 10.1. The summed E-state index contributed by atoms with van der Waals surface area (Å²) in [5.74, 6) is -3.08. The van der Waals surface area contributed by atoms with Crippen molar-refractivity contribution < 1.29 is 23.1 Å². The van der Waals surface area contributed by atoms with Crippen molar-refractivity contribution in [2.45, 2.75) is 13.8 Å². The first-order chi connectivity index (χ1) is 12.4. The summed E-state index contributed by atoms with van der Waals surface area (Å²) in [5.41, 5.74) is 0.672. The van der Waals surface area contributed by atoms with Crippen LogP contribution in [0.4, 0.5) is 8.78 Å². The van der Waals surface area contributed by atoms with Crippen molar-refractivity contribution in [1.29, 1.82) is 0 Å². The molecule has 134 valence electrons. The molecule has 26 heavy (non-hydrogen) atoms. The summed E-state index contributed by atoms with van der Waals surface area (Å²) >= 11 is 1.43. The van der Waals surface area contributed by atoms with Crippen molar-refractivity contribution >= 4 is 23.1 Å². The summed E-state index contributed by atoms with van der Waals surface area (Å²) in [6.45, 7) is 3.01. The molecule has 3 rings (SSSR count). The van der Waals surface area contributed by atoms with Crippen LogP contribution < -0.4 is 0 Å². The molecule has 0 aliphatic rings. The Kier molecular flexibility index (Phi) is 4.99. The van der Waals surface area contributed by atoms with Crippen LogP contribution in [0.15, 0.2) is 42.7 Å². The quantitative estimate of drug-likeness (QED) is 0.488. The second kappa shape index (κ2) is 7.21. The van der Waals surface area contributed by atoms with Crippen molar-refractivity contribution in [3.05, 3.63) is 75.9 Å². The van der Waals surface area contributed by atoms with Gasteiger partial charge in [-0.15, -0.1) is 11.3 Å². The largest absolute Gasteiger partial charge is 0.454 e. The molecule has 3 aromatic rings. The fourth-order valence-electron chi connectivity index (χ4n) is 2.49. The van der Waals surface area contributed by atoms with Gasteiger partial charge in [0.25, 0.3) is 0 Å². The standard InChI is InChI=1S/C19H15F2NO3S/c1-11-12(2)26-18(22-7-3-4-8-22)17(11)19(24)25-10-16(23)14-9-13(20)5-6-15(14)21/h3-9H,10H2,1-2H3. The third-order valence-corrected chi connectivity index (χ3v) is 5.19. The van der Waals surface area contributed by atoms with E-state index in [4.69, 9.17) is 4.74 Å². The van der Waals surface area contributed by atoms with Crippen LogP contribution in [0.3, 0.4) is 0 Å². The first-order valence-electron chi connectivity index (χ1n) is 7.77. The van der Waals surface area contributed by atoms with E-state index in [0.29, 0.717) is 10.6 Å². The van der Waals surface area contributed by atoms with Gasteiger partial charge in [0.2, 0.25) is 5.78 Å². The van der Waals surface area contributed by atoms with Crippen LogP contribution in [0.5, 0.6) is 0 Å². The summed E-state index contributed by atoms with van der Waals surface area (Å²) in [6, 6.07) is 6.22. The SMILES string of the molecule is Cc1sc(-n2cccc2)c(C(=O)OCC(=O)c2cc(F)ccc2F)c1C. The molecular formula is C19H15F2NO3S. The van der Waals surface area contributed by atoms with Crippen LogP contribution in [0.1, 0.15) is 31.2 Å². The minimum atomic E-state index is -0.858. The summed E-state index contributed by atoms with van der Waals surface area (Å²) < 4.78 is 33.7. The number of hydrogen-bond donors (Lipinski definition) is 0. The highest BCUT2D eigenvalue weighted by Gasteiger charge is 2.23. The number of ketones is 1. The van der Waals surface area contributed by atoms with E-state index in [0.717, 1.165) is 28.6 Å². The molecule has 2 heterocycles. The summed E-state index contributed by atoms with van der Waals surface area (Å²) in [6.07, 6.45) is 3.60. The molecule has 0 saturated heterocycles. The topological polar surface area (TPSA) is 48.3 Å². The molecule has 0 atom stereocenters. The van der Waals surface area contributed by atoms with Crippen LogP contribution in [-0.2, 0) is 4.74 Å². The Morgan fingerprint density at radius 1 is 1.15 bits per heavy atom. The van der Waals surface area contributed by atoms with E-state index in [9.17, 15) is 18.4 Å². The first-order valence-corrected chi connectivity index (χ1v) is 8.59. The number of ether oxygens (including phenoxy) is 1. The van der Waals surface area contributed by atoms with E-state index in [1.807, 2.05) is 19.1 Å². The van der Waals surface area contributed by atoms with E-state index in [1.165, 1.54) is 11.3 Å². The van der Waals surface area contributed by atoms with Gasteiger partial charge in [0, 0.05) is 17.3 Å². The highest BCUT2D eigenvalue weighted by molar-refractivity contribution is 7.15. The number of hydrogen-bond acceptors (Lipinski definition) is 4. The summed E-state index contributed by atoms with van der Waals surface area (Å²) in [4.78, 5) is 25.6. The number of nitrogens with zero attached hydrogens (tertiary/aromatic N) is 1. The normalized spacial score (nSPS) is 10.8. The molecule has 0 amide bonds. The number of thiophene rings is 1. The molecule has 0 N–H and O–H groups in total. The zero-order valence-corrected chi connectivity index (χ0v) is 14.9. The number of Topliss-reactive ketones (excluding diaryl/α,β-unsaturated/α-hetero) is 1.